The van der Waals surface area contributed by atoms with Gasteiger partial charge < -0.3 is 5.32 Å². The fourth-order valence-electron chi connectivity index (χ4n) is 2.76. The molecule has 0 atom stereocenters. The van der Waals surface area contributed by atoms with Gasteiger partial charge in [-0.05, 0) is 55.8 Å². The molecule has 3 aromatic rings. The van der Waals surface area contributed by atoms with Crippen LogP contribution in [0.5, 0.6) is 0 Å². The molecule has 144 valence electrons. The van der Waals surface area contributed by atoms with Gasteiger partial charge in [0.2, 0.25) is 0 Å². The summed E-state index contributed by atoms with van der Waals surface area (Å²) < 4.78 is 27.8. The molecule has 7 heteroatoms. The molecular weight excluding hydrogens is 396 g/mol. The Morgan fingerprint density at radius 1 is 0.929 bits per heavy atom. The highest BCUT2D eigenvalue weighted by atomic mass is 35.5. The molecule has 0 aliphatic rings. The molecule has 0 spiro atoms. The molecule has 0 unspecified atom stereocenters. The third-order valence-corrected chi connectivity index (χ3v) is 5.84. The second-order valence-electron chi connectivity index (χ2n) is 6.39. The van der Waals surface area contributed by atoms with Crippen LogP contribution in [0.1, 0.15) is 21.5 Å². The molecule has 5 nitrogen and oxygen atoms in total. The number of carbonyl (C=O) groups is 1. The van der Waals surface area contributed by atoms with Crippen LogP contribution in [-0.2, 0) is 10.0 Å². The molecule has 0 aliphatic carbocycles. The molecule has 28 heavy (non-hydrogen) atoms. The van der Waals surface area contributed by atoms with E-state index in [0.717, 1.165) is 11.1 Å². The van der Waals surface area contributed by atoms with E-state index in [2.05, 4.69) is 10.0 Å². The monoisotopic (exact) mass is 414 g/mol. The second-order valence-corrected chi connectivity index (χ2v) is 8.48. The first-order valence-corrected chi connectivity index (χ1v) is 10.4. The zero-order valence-corrected chi connectivity index (χ0v) is 16.9. The van der Waals surface area contributed by atoms with Crippen LogP contribution >= 0.6 is 11.6 Å². The number of hydrogen-bond acceptors (Lipinski definition) is 3. The highest BCUT2D eigenvalue weighted by Crippen LogP contribution is 2.25. The predicted molar refractivity (Wildman–Crippen MR) is 113 cm³/mol. The van der Waals surface area contributed by atoms with E-state index in [4.69, 9.17) is 11.6 Å². The van der Waals surface area contributed by atoms with Crippen molar-refractivity contribution in [3.63, 3.8) is 0 Å². The summed E-state index contributed by atoms with van der Waals surface area (Å²) in [5, 5.41) is 3.05. The van der Waals surface area contributed by atoms with Gasteiger partial charge in [-0.1, -0.05) is 47.5 Å². The molecule has 0 radical (unpaired) electrons. The third kappa shape index (κ3) is 4.52. The lowest BCUT2D eigenvalue weighted by Gasteiger charge is -2.12. The van der Waals surface area contributed by atoms with Crippen molar-refractivity contribution in [3.8, 4) is 0 Å². The molecule has 3 aromatic carbocycles. The standard InChI is InChI=1S/C21H19ClN2O3S/c1-14-10-11-18(15(2)12-14)21(25)23-16-6-5-7-17(13-16)28(26,27)24-20-9-4-3-8-19(20)22/h3-13,24H,1-2H3,(H,23,25). The lowest BCUT2D eigenvalue weighted by Crippen LogP contribution is -2.16. The summed E-state index contributed by atoms with van der Waals surface area (Å²) in [4.78, 5) is 12.6. The summed E-state index contributed by atoms with van der Waals surface area (Å²) in [6.07, 6.45) is 0. The van der Waals surface area contributed by atoms with E-state index in [0.29, 0.717) is 16.3 Å². The molecule has 1 amide bonds. The number of halogens is 1. The van der Waals surface area contributed by atoms with E-state index in [1.807, 2.05) is 26.0 Å². The minimum Gasteiger partial charge on any atom is -0.322 e. The zero-order valence-electron chi connectivity index (χ0n) is 15.4. The van der Waals surface area contributed by atoms with Crippen molar-refractivity contribution < 1.29 is 13.2 Å². The number of sulfonamides is 1. The van der Waals surface area contributed by atoms with Gasteiger partial charge in [0.05, 0.1) is 15.6 Å². The van der Waals surface area contributed by atoms with Gasteiger partial charge in [-0.25, -0.2) is 8.42 Å². The summed E-state index contributed by atoms with van der Waals surface area (Å²) >= 11 is 6.03. The van der Waals surface area contributed by atoms with Gasteiger partial charge in [0.15, 0.2) is 0 Å². The molecule has 2 N–H and O–H groups in total. The fraction of sp³-hybridized carbons (Fsp3) is 0.0952. The van der Waals surface area contributed by atoms with Crippen LogP contribution in [0.15, 0.2) is 71.6 Å². The Hall–Kier alpha value is -2.83. The van der Waals surface area contributed by atoms with Crippen LogP contribution < -0.4 is 10.0 Å². The van der Waals surface area contributed by atoms with Crippen molar-refractivity contribution in [3.05, 3.63) is 88.4 Å². The van der Waals surface area contributed by atoms with Crippen molar-refractivity contribution in [2.24, 2.45) is 0 Å². The Balaban J connectivity index is 1.83. The highest BCUT2D eigenvalue weighted by molar-refractivity contribution is 7.92. The van der Waals surface area contributed by atoms with Gasteiger partial charge in [-0.15, -0.1) is 0 Å². The number of aryl methyl sites for hydroxylation is 2. The molecule has 0 fully saturated rings. The lowest BCUT2D eigenvalue weighted by atomic mass is 10.1. The van der Waals surface area contributed by atoms with Gasteiger partial charge in [0.25, 0.3) is 15.9 Å². The SMILES string of the molecule is Cc1ccc(C(=O)Nc2cccc(S(=O)(=O)Nc3ccccc3Cl)c2)c(C)c1. The third-order valence-electron chi connectivity index (χ3n) is 4.15. The van der Waals surface area contributed by atoms with Crippen molar-refractivity contribution in [1.29, 1.82) is 0 Å². The van der Waals surface area contributed by atoms with Gasteiger partial charge in [0.1, 0.15) is 0 Å². The Morgan fingerprint density at radius 3 is 2.39 bits per heavy atom. The van der Waals surface area contributed by atoms with Crippen LogP contribution in [0.2, 0.25) is 5.02 Å². The molecule has 0 heterocycles. The highest BCUT2D eigenvalue weighted by Gasteiger charge is 2.17. The molecule has 0 bridgehead atoms. The normalized spacial score (nSPS) is 11.1. The predicted octanol–water partition coefficient (Wildman–Crippen LogP) is 5.01. The Morgan fingerprint density at radius 2 is 1.68 bits per heavy atom. The number of benzene rings is 3. The minimum absolute atomic E-state index is 0.0193. The first kappa shape index (κ1) is 19.9. The van der Waals surface area contributed by atoms with Gasteiger partial charge >= 0.3 is 0 Å². The summed E-state index contributed by atoms with van der Waals surface area (Å²) in [5.74, 6) is -0.300. The maximum atomic E-state index is 12.7. The fourth-order valence-corrected chi connectivity index (χ4v) is 4.12. The largest absolute Gasteiger partial charge is 0.322 e. The summed E-state index contributed by atoms with van der Waals surface area (Å²) in [6.45, 7) is 3.81. The lowest BCUT2D eigenvalue weighted by molar-refractivity contribution is 0.102. The molecule has 0 aliphatic heterocycles. The van der Waals surface area contributed by atoms with Gasteiger partial charge in [-0.3, -0.25) is 9.52 Å². The van der Waals surface area contributed by atoms with E-state index >= 15 is 0 Å². The van der Waals surface area contributed by atoms with Gasteiger partial charge in [-0.2, -0.15) is 0 Å². The molecule has 0 saturated carbocycles. The summed E-state index contributed by atoms with van der Waals surface area (Å²) in [7, 11) is -3.86. The zero-order chi connectivity index (χ0) is 20.3. The summed E-state index contributed by atoms with van der Waals surface area (Å²) in [5.41, 5.74) is 3.11. The first-order chi connectivity index (χ1) is 13.3. The second kappa shape index (κ2) is 8.04. The topological polar surface area (TPSA) is 75.3 Å². The van der Waals surface area contributed by atoms with E-state index < -0.39 is 10.0 Å². The number of nitrogens with one attached hydrogen (secondary N) is 2. The van der Waals surface area contributed by atoms with E-state index in [1.165, 1.54) is 12.1 Å². The average Bonchev–Trinajstić information content (AvgIpc) is 2.63. The maximum Gasteiger partial charge on any atom is 0.262 e. The summed E-state index contributed by atoms with van der Waals surface area (Å²) in [6, 6.07) is 18.2. The molecule has 3 rings (SSSR count). The molecule has 0 aromatic heterocycles. The van der Waals surface area contributed by atoms with Crippen molar-refractivity contribution in [2.45, 2.75) is 18.7 Å². The number of carbonyl (C=O) groups excluding carboxylic acids is 1. The number of rotatable bonds is 5. The first-order valence-electron chi connectivity index (χ1n) is 8.52. The number of anilines is 2. The van der Waals surface area contributed by atoms with Crippen molar-refractivity contribution >= 4 is 38.9 Å². The van der Waals surface area contributed by atoms with E-state index in [-0.39, 0.29) is 16.5 Å². The minimum atomic E-state index is -3.86. The van der Waals surface area contributed by atoms with Crippen LogP contribution in [0, 0.1) is 13.8 Å². The van der Waals surface area contributed by atoms with E-state index in [1.54, 1.807) is 42.5 Å². The van der Waals surface area contributed by atoms with E-state index in [9.17, 15) is 13.2 Å². The van der Waals surface area contributed by atoms with Gasteiger partial charge in [0, 0.05) is 11.3 Å². The van der Waals surface area contributed by atoms with Crippen LogP contribution in [0.4, 0.5) is 11.4 Å². The Kier molecular flexibility index (Phi) is 5.72. The molecular formula is C21H19ClN2O3S. The van der Waals surface area contributed by atoms with Crippen LogP contribution in [-0.4, -0.2) is 14.3 Å². The Labute approximate surface area is 169 Å². The number of hydrogen-bond donors (Lipinski definition) is 2. The number of amides is 1. The smallest absolute Gasteiger partial charge is 0.262 e. The van der Waals surface area contributed by atoms with Crippen molar-refractivity contribution in [2.75, 3.05) is 10.0 Å². The van der Waals surface area contributed by atoms with Crippen molar-refractivity contribution in [1.82, 2.24) is 0 Å². The maximum absolute atomic E-state index is 12.7. The average molecular weight is 415 g/mol. The molecule has 0 saturated heterocycles. The quantitative estimate of drug-likeness (QED) is 0.616. The van der Waals surface area contributed by atoms with Crippen LogP contribution in [0.3, 0.4) is 0 Å². The van der Waals surface area contributed by atoms with Crippen LogP contribution in [0.25, 0.3) is 0 Å². The Bertz CT molecular complexity index is 1140. The number of para-hydroxylation sites is 1.